The van der Waals surface area contributed by atoms with Crippen molar-refractivity contribution in [1.82, 2.24) is 4.31 Å². The van der Waals surface area contributed by atoms with Crippen LogP contribution in [0, 0.1) is 5.92 Å². The molecule has 0 amide bonds. The van der Waals surface area contributed by atoms with E-state index >= 15 is 0 Å². The lowest BCUT2D eigenvalue weighted by atomic mass is 9.91. The second-order valence-electron chi connectivity index (χ2n) is 6.39. The predicted molar refractivity (Wildman–Crippen MR) is 78.4 cm³/mol. The average Bonchev–Trinajstić information content (AvgIpc) is 2.88. The van der Waals surface area contributed by atoms with Crippen molar-refractivity contribution in [2.24, 2.45) is 11.7 Å². The monoisotopic (exact) mass is 288 g/mol. The van der Waals surface area contributed by atoms with Crippen LogP contribution < -0.4 is 5.73 Å². The molecule has 0 atom stereocenters. The van der Waals surface area contributed by atoms with E-state index < -0.39 is 10.0 Å². The van der Waals surface area contributed by atoms with Gasteiger partial charge in [-0.15, -0.1) is 0 Å². The van der Waals surface area contributed by atoms with Crippen LogP contribution in [0.4, 0.5) is 0 Å². The summed E-state index contributed by atoms with van der Waals surface area (Å²) >= 11 is 0. The van der Waals surface area contributed by atoms with Crippen molar-refractivity contribution in [3.63, 3.8) is 0 Å². The van der Waals surface area contributed by atoms with Gasteiger partial charge < -0.3 is 5.73 Å². The van der Waals surface area contributed by atoms with Crippen LogP contribution in [-0.2, 0) is 10.0 Å². The molecular formula is C14H28N2O2S. The van der Waals surface area contributed by atoms with E-state index in [2.05, 4.69) is 0 Å². The number of likely N-dealkylation sites (N-methyl/N-ethyl adjacent to an activating group) is 1. The third-order valence-electron chi connectivity index (χ3n) is 5.17. The van der Waals surface area contributed by atoms with Crippen LogP contribution in [0.25, 0.3) is 0 Å². The van der Waals surface area contributed by atoms with Gasteiger partial charge in [-0.25, -0.2) is 8.42 Å². The quantitative estimate of drug-likeness (QED) is 0.842. The zero-order valence-corrected chi connectivity index (χ0v) is 12.9. The lowest BCUT2D eigenvalue weighted by Crippen LogP contribution is -2.53. The van der Waals surface area contributed by atoms with Crippen molar-refractivity contribution in [1.29, 1.82) is 0 Å². The SMILES string of the molecule is CN(C1(CN)CCCC1)S(=O)(=O)CC1CCCCC1. The van der Waals surface area contributed by atoms with E-state index in [0.717, 1.165) is 38.5 Å². The summed E-state index contributed by atoms with van der Waals surface area (Å²) in [5.41, 5.74) is 5.60. The first kappa shape index (κ1) is 15.3. The normalized spacial score (nSPS) is 25.0. The first-order valence-electron chi connectivity index (χ1n) is 7.67. The Labute approximate surface area is 117 Å². The Morgan fingerprint density at radius 1 is 1.11 bits per heavy atom. The van der Waals surface area contributed by atoms with Crippen molar-refractivity contribution in [2.45, 2.75) is 63.3 Å². The Hall–Kier alpha value is -0.130. The average molecular weight is 288 g/mol. The summed E-state index contributed by atoms with van der Waals surface area (Å²) in [7, 11) is -1.41. The molecule has 112 valence electrons. The maximum Gasteiger partial charge on any atom is 0.214 e. The highest BCUT2D eigenvalue weighted by atomic mass is 32.2. The van der Waals surface area contributed by atoms with Gasteiger partial charge in [0.1, 0.15) is 0 Å². The van der Waals surface area contributed by atoms with Crippen molar-refractivity contribution >= 4 is 10.0 Å². The Morgan fingerprint density at radius 3 is 2.21 bits per heavy atom. The molecule has 0 spiro atoms. The molecule has 0 bridgehead atoms. The third kappa shape index (κ3) is 3.31. The van der Waals surface area contributed by atoms with E-state index in [-0.39, 0.29) is 5.54 Å². The molecule has 5 heteroatoms. The fraction of sp³-hybridized carbons (Fsp3) is 1.00. The second kappa shape index (κ2) is 6.10. The summed E-state index contributed by atoms with van der Waals surface area (Å²) in [5.74, 6) is 0.683. The van der Waals surface area contributed by atoms with Crippen LogP contribution in [-0.4, -0.2) is 37.6 Å². The Balaban J connectivity index is 2.05. The molecule has 2 fully saturated rings. The summed E-state index contributed by atoms with van der Waals surface area (Å²) in [4.78, 5) is 0. The predicted octanol–water partition coefficient (Wildman–Crippen LogP) is 2.10. The van der Waals surface area contributed by atoms with E-state index in [1.165, 1.54) is 19.3 Å². The number of rotatable bonds is 5. The minimum atomic E-state index is -3.16. The molecule has 4 nitrogen and oxygen atoms in total. The number of nitrogens with two attached hydrogens (primary N) is 1. The van der Waals surface area contributed by atoms with Crippen LogP contribution in [0.2, 0.25) is 0 Å². The van der Waals surface area contributed by atoms with Gasteiger partial charge in [-0.05, 0) is 31.6 Å². The molecule has 0 aromatic heterocycles. The molecule has 0 saturated heterocycles. The van der Waals surface area contributed by atoms with Gasteiger partial charge in [-0.3, -0.25) is 0 Å². The fourth-order valence-corrected chi connectivity index (χ4v) is 5.74. The Bertz CT molecular complexity index is 382. The van der Waals surface area contributed by atoms with Crippen molar-refractivity contribution in [3.05, 3.63) is 0 Å². The summed E-state index contributed by atoms with van der Waals surface area (Å²) in [6.07, 6.45) is 9.82. The largest absolute Gasteiger partial charge is 0.329 e. The lowest BCUT2D eigenvalue weighted by Gasteiger charge is -2.38. The topological polar surface area (TPSA) is 63.4 Å². The fourth-order valence-electron chi connectivity index (χ4n) is 3.74. The molecule has 19 heavy (non-hydrogen) atoms. The van der Waals surface area contributed by atoms with E-state index in [0.29, 0.717) is 18.2 Å². The standard InChI is InChI=1S/C14H28N2O2S/c1-16(14(12-15)9-5-6-10-14)19(17,18)11-13-7-3-2-4-8-13/h13H,2-12,15H2,1H3. The molecule has 0 aliphatic heterocycles. The van der Waals surface area contributed by atoms with Crippen molar-refractivity contribution in [3.8, 4) is 0 Å². The minimum absolute atomic E-state index is 0.298. The molecule has 2 rings (SSSR count). The highest BCUT2D eigenvalue weighted by Gasteiger charge is 2.42. The van der Waals surface area contributed by atoms with Crippen LogP contribution in [0.15, 0.2) is 0 Å². The summed E-state index contributed by atoms with van der Waals surface area (Å²) in [6.45, 7) is 0.452. The van der Waals surface area contributed by atoms with Gasteiger partial charge in [-0.2, -0.15) is 4.31 Å². The number of nitrogens with zero attached hydrogens (tertiary/aromatic N) is 1. The van der Waals surface area contributed by atoms with E-state index in [9.17, 15) is 8.42 Å². The third-order valence-corrected chi connectivity index (χ3v) is 7.28. The summed E-state index contributed by atoms with van der Waals surface area (Å²) in [5, 5.41) is 0. The second-order valence-corrected chi connectivity index (χ2v) is 8.43. The maximum absolute atomic E-state index is 12.6. The number of hydrogen-bond acceptors (Lipinski definition) is 3. The van der Waals surface area contributed by atoms with Gasteiger partial charge in [0.05, 0.1) is 5.75 Å². The zero-order valence-electron chi connectivity index (χ0n) is 12.1. The van der Waals surface area contributed by atoms with E-state index in [1.54, 1.807) is 11.4 Å². The Kier molecular flexibility index (Phi) is 4.90. The molecule has 2 saturated carbocycles. The summed E-state index contributed by atoms with van der Waals surface area (Å²) in [6, 6.07) is 0. The zero-order chi connectivity index (χ0) is 13.9. The molecule has 2 aliphatic rings. The molecule has 0 heterocycles. The maximum atomic E-state index is 12.6. The molecule has 0 radical (unpaired) electrons. The van der Waals surface area contributed by atoms with Crippen molar-refractivity contribution < 1.29 is 8.42 Å². The number of hydrogen-bond donors (Lipinski definition) is 1. The highest BCUT2D eigenvalue weighted by molar-refractivity contribution is 7.89. The molecule has 0 aromatic rings. The highest BCUT2D eigenvalue weighted by Crippen LogP contribution is 2.36. The van der Waals surface area contributed by atoms with Crippen LogP contribution in [0.3, 0.4) is 0 Å². The van der Waals surface area contributed by atoms with Crippen LogP contribution >= 0.6 is 0 Å². The van der Waals surface area contributed by atoms with E-state index in [4.69, 9.17) is 5.73 Å². The molecular weight excluding hydrogens is 260 g/mol. The van der Waals surface area contributed by atoms with Crippen LogP contribution in [0.5, 0.6) is 0 Å². The lowest BCUT2D eigenvalue weighted by molar-refractivity contribution is 0.228. The molecule has 0 aromatic carbocycles. The van der Waals surface area contributed by atoms with Gasteiger partial charge >= 0.3 is 0 Å². The minimum Gasteiger partial charge on any atom is -0.329 e. The smallest absolute Gasteiger partial charge is 0.214 e. The van der Waals surface area contributed by atoms with E-state index in [1.807, 2.05) is 0 Å². The van der Waals surface area contributed by atoms with Gasteiger partial charge in [-0.1, -0.05) is 32.1 Å². The number of sulfonamides is 1. The first-order valence-corrected chi connectivity index (χ1v) is 9.28. The van der Waals surface area contributed by atoms with Gasteiger partial charge in [0.25, 0.3) is 0 Å². The van der Waals surface area contributed by atoms with Crippen LogP contribution in [0.1, 0.15) is 57.8 Å². The van der Waals surface area contributed by atoms with Crippen molar-refractivity contribution in [2.75, 3.05) is 19.3 Å². The molecule has 0 unspecified atom stereocenters. The molecule has 2 aliphatic carbocycles. The van der Waals surface area contributed by atoms with Gasteiger partial charge in [0.15, 0.2) is 0 Å². The van der Waals surface area contributed by atoms with Gasteiger partial charge in [0.2, 0.25) is 10.0 Å². The Morgan fingerprint density at radius 2 is 1.68 bits per heavy atom. The summed E-state index contributed by atoms with van der Waals surface area (Å²) < 4.78 is 26.9. The van der Waals surface area contributed by atoms with Gasteiger partial charge in [0, 0.05) is 19.1 Å². The first-order chi connectivity index (χ1) is 9.00. The molecule has 2 N–H and O–H groups in total.